The lowest BCUT2D eigenvalue weighted by Crippen LogP contribution is -2.55. The van der Waals surface area contributed by atoms with Gasteiger partial charge >= 0.3 is 6.18 Å². The molecule has 0 atom stereocenters. The molecule has 43 heavy (non-hydrogen) atoms. The molecule has 4 aromatic rings. The number of nitrogens with zero attached hydrogens (tertiary/aromatic N) is 2. The first-order valence-electron chi connectivity index (χ1n) is 12.9. The van der Waals surface area contributed by atoms with Crippen LogP contribution in [-0.4, -0.2) is 41.2 Å². The lowest BCUT2D eigenvalue weighted by atomic mass is 9.97. The normalized spacial score (nSPS) is 14.0. The summed E-state index contributed by atoms with van der Waals surface area (Å²) in [5.74, 6) is -2.23. The van der Waals surface area contributed by atoms with E-state index in [1.54, 1.807) is 36.4 Å². The van der Waals surface area contributed by atoms with Crippen molar-refractivity contribution in [1.82, 2.24) is 15.2 Å². The Morgan fingerprint density at radius 2 is 1.74 bits per heavy atom. The number of carbonyl (C=O) groups excluding carboxylic acids is 2. The van der Waals surface area contributed by atoms with E-state index in [0.717, 1.165) is 16.5 Å². The summed E-state index contributed by atoms with van der Waals surface area (Å²) < 4.78 is 70.8. The van der Waals surface area contributed by atoms with Gasteiger partial charge in [-0.05, 0) is 60.0 Å². The van der Waals surface area contributed by atoms with Crippen LogP contribution in [-0.2, 0) is 22.3 Å². The number of aryl methyl sites for hydroxylation is 1. The Morgan fingerprint density at radius 1 is 1.05 bits per heavy atom. The van der Waals surface area contributed by atoms with Crippen LogP contribution in [0.25, 0.3) is 28.5 Å². The summed E-state index contributed by atoms with van der Waals surface area (Å²) in [6, 6.07) is 17.8. The molecular weight excluding hydrogens is 571 g/mol. The van der Waals surface area contributed by atoms with Gasteiger partial charge in [0.2, 0.25) is 12.3 Å². The van der Waals surface area contributed by atoms with Gasteiger partial charge in [0.05, 0.1) is 25.2 Å². The molecule has 1 fully saturated rings. The predicted octanol–water partition coefficient (Wildman–Crippen LogP) is 6.34. The Balaban J connectivity index is 0.000000458. The summed E-state index contributed by atoms with van der Waals surface area (Å²) in [7, 11) is 0. The second-order valence-corrected chi connectivity index (χ2v) is 9.82. The quantitative estimate of drug-likeness (QED) is 0.147. The zero-order valence-electron chi connectivity index (χ0n) is 22.9. The number of nitrogens with one attached hydrogen (secondary N) is 1. The monoisotopic (exact) mass is 598 g/mol. The average Bonchev–Trinajstić information content (AvgIpc) is 3.43. The third-order valence-corrected chi connectivity index (χ3v) is 6.33. The number of alkyl halides is 5. The lowest BCUT2D eigenvalue weighted by Gasteiger charge is -2.35. The first kappa shape index (κ1) is 30.9. The van der Waals surface area contributed by atoms with Crippen molar-refractivity contribution in [1.29, 1.82) is 0 Å². The molecule has 12 heteroatoms. The van der Waals surface area contributed by atoms with Crippen molar-refractivity contribution >= 4 is 24.2 Å². The molecule has 0 unspecified atom stereocenters. The standard InChI is InChI=1S/C27H22F3N3O2.C4H5F2NO/c1-17-2-6-19(7-3-17)20-8-10-22(23(14-20)27(28,29)30)24-11-9-21(35-24)16-33-26(34)13-5-18-4-12-25(31)32-15-18;5-4(6)1-7(2-4)3-8/h2-15H,16H2,1H3,(H2,31,32)(H,33,34);3H,1-2H2/b13-5+;. The van der Waals surface area contributed by atoms with E-state index < -0.39 is 36.7 Å². The second kappa shape index (κ2) is 12.9. The van der Waals surface area contributed by atoms with Gasteiger partial charge in [0.1, 0.15) is 17.3 Å². The predicted molar refractivity (Wildman–Crippen MR) is 151 cm³/mol. The van der Waals surface area contributed by atoms with Crippen molar-refractivity contribution in [2.24, 2.45) is 0 Å². The highest BCUT2D eigenvalue weighted by Crippen LogP contribution is 2.40. The Morgan fingerprint density at radius 3 is 2.33 bits per heavy atom. The molecule has 1 aliphatic heterocycles. The number of aromatic nitrogens is 1. The van der Waals surface area contributed by atoms with Crippen LogP contribution < -0.4 is 11.1 Å². The van der Waals surface area contributed by atoms with Crippen LogP contribution in [0.4, 0.5) is 27.8 Å². The van der Waals surface area contributed by atoms with Gasteiger partial charge in [-0.1, -0.05) is 42.0 Å². The molecule has 2 aromatic heterocycles. The zero-order chi connectivity index (χ0) is 31.2. The minimum absolute atomic E-state index is 0.0198. The van der Waals surface area contributed by atoms with E-state index in [9.17, 15) is 31.5 Å². The molecule has 3 N–H and O–H groups in total. The highest BCUT2D eigenvalue weighted by Gasteiger charge is 2.43. The fourth-order valence-corrected chi connectivity index (χ4v) is 4.08. The number of anilines is 1. The molecule has 224 valence electrons. The molecule has 0 bridgehead atoms. The number of nitrogens with two attached hydrogens (primary N) is 1. The van der Waals surface area contributed by atoms with Crippen LogP contribution in [0.5, 0.6) is 0 Å². The van der Waals surface area contributed by atoms with E-state index in [4.69, 9.17) is 10.2 Å². The summed E-state index contributed by atoms with van der Waals surface area (Å²) in [6.07, 6.45) is 0.278. The smallest absolute Gasteiger partial charge is 0.417 e. The third-order valence-electron chi connectivity index (χ3n) is 6.33. The molecule has 2 aromatic carbocycles. The number of halogens is 5. The molecule has 5 rings (SSSR count). The molecule has 0 spiro atoms. The number of hydrogen-bond acceptors (Lipinski definition) is 5. The van der Waals surface area contributed by atoms with E-state index in [0.29, 0.717) is 34.7 Å². The largest absolute Gasteiger partial charge is 0.459 e. The number of furan rings is 1. The van der Waals surface area contributed by atoms with Crippen LogP contribution in [0.1, 0.15) is 22.5 Å². The maximum atomic E-state index is 13.9. The molecular formula is C31H27F5N4O3. The van der Waals surface area contributed by atoms with E-state index in [2.05, 4.69) is 10.3 Å². The van der Waals surface area contributed by atoms with Crippen LogP contribution in [0.15, 0.2) is 83.4 Å². The molecule has 1 aliphatic rings. The highest BCUT2D eigenvalue weighted by atomic mass is 19.4. The maximum Gasteiger partial charge on any atom is 0.417 e. The van der Waals surface area contributed by atoms with Gasteiger partial charge in [-0.25, -0.2) is 13.8 Å². The fraction of sp³-hybridized carbons (Fsp3) is 0.194. The lowest BCUT2D eigenvalue weighted by molar-refractivity contribution is -0.153. The van der Waals surface area contributed by atoms with Crippen molar-refractivity contribution in [2.75, 3.05) is 18.8 Å². The minimum atomic E-state index is -4.57. The Hall–Kier alpha value is -5.00. The second-order valence-electron chi connectivity index (χ2n) is 9.82. The number of hydrogen-bond donors (Lipinski definition) is 2. The van der Waals surface area contributed by atoms with E-state index in [1.165, 1.54) is 30.5 Å². The van der Waals surface area contributed by atoms with Crippen molar-refractivity contribution < 1.29 is 36.0 Å². The van der Waals surface area contributed by atoms with Gasteiger partial charge in [-0.3, -0.25) is 9.59 Å². The maximum absolute atomic E-state index is 13.9. The SMILES string of the molecule is Cc1ccc(-c2ccc(-c3ccc(CNC(=O)/C=C/c4ccc(N)nc4)o3)c(C(F)(F)F)c2)cc1.O=CN1CC(F)(F)C1. The topological polar surface area (TPSA) is 101 Å². The first-order chi connectivity index (χ1) is 20.3. The van der Waals surface area contributed by atoms with Gasteiger partial charge in [0.25, 0.3) is 5.92 Å². The number of pyridine rings is 1. The van der Waals surface area contributed by atoms with Gasteiger partial charge in [0, 0.05) is 17.8 Å². The minimum Gasteiger partial charge on any atom is -0.459 e. The van der Waals surface area contributed by atoms with Gasteiger partial charge in [0.15, 0.2) is 0 Å². The molecule has 0 saturated carbocycles. The van der Waals surface area contributed by atoms with Crippen LogP contribution >= 0.6 is 0 Å². The zero-order valence-corrected chi connectivity index (χ0v) is 22.9. The molecule has 7 nitrogen and oxygen atoms in total. The van der Waals surface area contributed by atoms with E-state index in [-0.39, 0.29) is 17.9 Å². The molecule has 3 heterocycles. The van der Waals surface area contributed by atoms with Crippen molar-refractivity contribution in [2.45, 2.75) is 25.6 Å². The van der Waals surface area contributed by atoms with Gasteiger partial charge in [-0.15, -0.1) is 0 Å². The van der Waals surface area contributed by atoms with E-state index >= 15 is 0 Å². The van der Waals surface area contributed by atoms with Gasteiger partial charge in [-0.2, -0.15) is 13.2 Å². The summed E-state index contributed by atoms with van der Waals surface area (Å²) in [5.41, 5.74) is 7.54. The number of benzene rings is 2. The average molecular weight is 599 g/mol. The molecule has 0 aliphatic carbocycles. The number of likely N-dealkylation sites (tertiary alicyclic amines) is 1. The summed E-state index contributed by atoms with van der Waals surface area (Å²) >= 11 is 0. The highest BCUT2D eigenvalue weighted by molar-refractivity contribution is 5.91. The summed E-state index contributed by atoms with van der Waals surface area (Å²) in [6.45, 7) is 1.12. The first-order valence-corrected chi connectivity index (χ1v) is 12.9. The Bertz CT molecular complexity index is 1590. The third kappa shape index (κ3) is 8.51. The Kier molecular flexibility index (Phi) is 9.27. The van der Waals surface area contributed by atoms with Crippen molar-refractivity contribution in [3.05, 3.63) is 101 Å². The molecule has 0 radical (unpaired) electrons. The molecule has 1 saturated heterocycles. The number of nitrogen functional groups attached to an aromatic ring is 1. The molecule has 2 amide bonds. The van der Waals surface area contributed by atoms with Crippen LogP contribution in [0.3, 0.4) is 0 Å². The number of carbonyl (C=O) groups is 2. The van der Waals surface area contributed by atoms with Crippen LogP contribution in [0.2, 0.25) is 0 Å². The summed E-state index contributed by atoms with van der Waals surface area (Å²) in [5, 5.41) is 2.64. The fourth-order valence-electron chi connectivity index (χ4n) is 4.08. The van der Waals surface area contributed by atoms with Crippen molar-refractivity contribution in [3.63, 3.8) is 0 Å². The summed E-state index contributed by atoms with van der Waals surface area (Å²) in [4.78, 5) is 26.7. The van der Waals surface area contributed by atoms with Crippen molar-refractivity contribution in [3.8, 4) is 22.5 Å². The van der Waals surface area contributed by atoms with Gasteiger partial charge < -0.3 is 20.4 Å². The Labute approximate surface area is 243 Å². The number of rotatable bonds is 7. The number of amides is 2. The van der Waals surface area contributed by atoms with Crippen LogP contribution in [0, 0.1) is 6.92 Å². The van der Waals surface area contributed by atoms with E-state index in [1.807, 2.05) is 19.1 Å².